The summed E-state index contributed by atoms with van der Waals surface area (Å²) in [6.07, 6.45) is 1.91. The molecule has 0 bridgehead atoms. The van der Waals surface area contributed by atoms with Gasteiger partial charge in [-0.2, -0.15) is 0 Å². The fourth-order valence-electron chi connectivity index (χ4n) is 11.1. The van der Waals surface area contributed by atoms with Crippen molar-refractivity contribution in [3.8, 4) is 62.1 Å². The minimum Gasteiger partial charge on any atom is -0.455 e. The highest BCUT2D eigenvalue weighted by Gasteiger charge is 2.29. The van der Waals surface area contributed by atoms with E-state index in [-0.39, 0.29) is 5.92 Å². The number of furan rings is 1. The maximum atomic E-state index is 7.01. The van der Waals surface area contributed by atoms with E-state index >= 15 is 0 Å². The van der Waals surface area contributed by atoms with E-state index < -0.39 is 0 Å². The Kier molecular flexibility index (Phi) is 9.02. The summed E-state index contributed by atoms with van der Waals surface area (Å²) in [5, 5.41) is 7.03. The summed E-state index contributed by atoms with van der Waals surface area (Å²) in [5.74, 6) is 1.87. The lowest BCUT2D eigenvalue weighted by Crippen LogP contribution is -2.04. The second-order valence-corrected chi connectivity index (χ2v) is 18.2. The summed E-state index contributed by atoms with van der Waals surface area (Å²) < 4.78 is 9.34. The zero-order valence-corrected chi connectivity index (χ0v) is 37.6. The van der Waals surface area contributed by atoms with Gasteiger partial charge in [0.2, 0.25) is 0 Å². The average Bonchev–Trinajstić information content (AvgIpc) is 3.92. The summed E-state index contributed by atoms with van der Waals surface area (Å²) in [7, 11) is 0. The number of rotatable bonds is 6. The predicted molar refractivity (Wildman–Crippen MR) is 283 cm³/mol. The molecule has 0 saturated carbocycles. The molecule has 1 atom stereocenters. The van der Waals surface area contributed by atoms with E-state index in [0.29, 0.717) is 17.5 Å². The molecule has 3 heterocycles. The Bertz CT molecular complexity index is 4130. The second kappa shape index (κ2) is 15.9. The molecule has 1 aliphatic rings. The monoisotopic (exact) mass is 882 g/mol. The molecule has 5 nitrogen and oxygen atoms in total. The van der Waals surface area contributed by atoms with Crippen LogP contribution in [0, 0.1) is 0 Å². The van der Waals surface area contributed by atoms with E-state index in [9.17, 15) is 0 Å². The molecule has 324 valence electrons. The van der Waals surface area contributed by atoms with Crippen molar-refractivity contribution >= 4 is 54.5 Å². The normalized spacial score (nSPS) is 13.5. The van der Waals surface area contributed by atoms with Gasteiger partial charge in [0.1, 0.15) is 11.2 Å². The minimum absolute atomic E-state index is 0.117. The van der Waals surface area contributed by atoms with Crippen LogP contribution in [0.25, 0.3) is 117 Å². The van der Waals surface area contributed by atoms with Gasteiger partial charge in [-0.05, 0) is 117 Å². The first-order chi connectivity index (χ1) is 34.2. The van der Waals surface area contributed by atoms with Crippen molar-refractivity contribution in [2.24, 2.45) is 0 Å². The van der Waals surface area contributed by atoms with Gasteiger partial charge in [-0.3, -0.25) is 0 Å². The Hall–Kier alpha value is -8.93. The third-order valence-electron chi connectivity index (χ3n) is 14.3. The molecule has 0 spiro atoms. The lowest BCUT2D eigenvalue weighted by molar-refractivity contribution is 0.668. The van der Waals surface area contributed by atoms with Gasteiger partial charge in [0.15, 0.2) is 17.5 Å². The molecule has 13 aromatic rings. The van der Waals surface area contributed by atoms with Crippen LogP contribution in [0.5, 0.6) is 0 Å². The number of hydrogen-bond acceptors (Lipinski definition) is 4. The molecule has 69 heavy (non-hydrogen) atoms. The van der Waals surface area contributed by atoms with E-state index in [2.05, 4.69) is 223 Å². The number of hydrogen-bond donors (Lipinski definition) is 0. The van der Waals surface area contributed by atoms with E-state index in [1.54, 1.807) is 0 Å². The Morgan fingerprint density at radius 3 is 1.87 bits per heavy atom. The molecule has 0 amide bonds. The van der Waals surface area contributed by atoms with Crippen molar-refractivity contribution in [3.05, 3.63) is 241 Å². The van der Waals surface area contributed by atoms with Gasteiger partial charge in [-0.25, -0.2) is 15.0 Å². The van der Waals surface area contributed by atoms with Gasteiger partial charge in [0.05, 0.1) is 16.6 Å². The van der Waals surface area contributed by atoms with Crippen LogP contribution in [0.4, 0.5) is 0 Å². The highest BCUT2D eigenvalue weighted by Crippen LogP contribution is 2.48. The molecule has 10 aromatic carbocycles. The molecule has 0 saturated heterocycles. The fourth-order valence-corrected chi connectivity index (χ4v) is 11.1. The Balaban J connectivity index is 0.966. The van der Waals surface area contributed by atoms with Crippen molar-refractivity contribution in [2.75, 3.05) is 0 Å². The third-order valence-corrected chi connectivity index (χ3v) is 14.3. The number of aryl methyl sites for hydroxylation is 1. The minimum atomic E-state index is 0.117. The van der Waals surface area contributed by atoms with Crippen molar-refractivity contribution in [1.82, 2.24) is 19.5 Å². The summed E-state index contributed by atoms with van der Waals surface area (Å²) in [6, 6.07) is 80.2. The molecule has 14 rings (SSSR count). The number of nitrogens with zero attached hydrogens (tertiary/aromatic N) is 4. The van der Waals surface area contributed by atoms with E-state index in [1.807, 2.05) is 6.07 Å². The molecule has 0 radical (unpaired) electrons. The van der Waals surface area contributed by atoms with E-state index in [1.165, 1.54) is 44.0 Å². The van der Waals surface area contributed by atoms with Crippen LogP contribution in [-0.4, -0.2) is 19.5 Å². The van der Waals surface area contributed by atoms with Crippen LogP contribution in [0.2, 0.25) is 0 Å². The third kappa shape index (κ3) is 6.50. The zero-order chi connectivity index (χ0) is 45.4. The Morgan fingerprint density at radius 2 is 1.03 bits per heavy atom. The fraction of sp³-hybridized carbons (Fsp3) is 0.0469. The van der Waals surface area contributed by atoms with Crippen LogP contribution >= 0.6 is 0 Å². The van der Waals surface area contributed by atoms with Crippen LogP contribution < -0.4 is 0 Å². The zero-order valence-electron chi connectivity index (χ0n) is 37.6. The average molecular weight is 883 g/mol. The standard InChI is InChI=1S/C64H42N4O/c1-3-15-40(16-4-1)41-27-29-42(30-28-41)62-65-63(46-32-36-58-56(39-46)51-23-11-13-25-57(51)68(58)47-19-5-2-6-20-47)67-64(66-62)54-35-34-52(60-53-24-12-14-26-59(53)69-61(54)60)50-33-31-45-37-43-17-7-8-18-44(43)38-55(45)49-22-10-9-21-48(49)50/h1-30,32,34-39,50H,31,33H2/t50-/m0/s1. The molecule has 0 aliphatic heterocycles. The molecule has 0 fully saturated rings. The highest BCUT2D eigenvalue weighted by atomic mass is 16.3. The first-order valence-electron chi connectivity index (χ1n) is 23.8. The topological polar surface area (TPSA) is 56.7 Å². The van der Waals surface area contributed by atoms with Crippen molar-refractivity contribution in [1.29, 1.82) is 0 Å². The van der Waals surface area contributed by atoms with Crippen LogP contribution in [0.1, 0.15) is 29.0 Å². The lowest BCUT2D eigenvalue weighted by atomic mass is 9.83. The largest absolute Gasteiger partial charge is 0.455 e. The summed E-state index contributed by atoms with van der Waals surface area (Å²) in [5.41, 5.74) is 16.5. The summed E-state index contributed by atoms with van der Waals surface area (Å²) >= 11 is 0. The second-order valence-electron chi connectivity index (χ2n) is 18.2. The number of aromatic nitrogens is 4. The molecule has 0 N–H and O–H groups in total. The predicted octanol–water partition coefficient (Wildman–Crippen LogP) is 16.4. The lowest BCUT2D eigenvalue weighted by Gasteiger charge is -2.20. The van der Waals surface area contributed by atoms with E-state index in [4.69, 9.17) is 19.4 Å². The molecule has 5 heteroatoms. The van der Waals surface area contributed by atoms with Crippen molar-refractivity contribution in [3.63, 3.8) is 0 Å². The van der Waals surface area contributed by atoms with Crippen LogP contribution in [0.15, 0.2) is 229 Å². The molecule has 1 aliphatic carbocycles. The van der Waals surface area contributed by atoms with Gasteiger partial charge in [-0.15, -0.1) is 0 Å². The molecule has 0 unspecified atom stereocenters. The number of fused-ring (bicyclic) bond motifs is 10. The van der Waals surface area contributed by atoms with Gasteiger partial charge in [-0.1, -0.05) is 170 Å². The molecule has 3 aromatic heterocycles. The Morgan fingerprint density at radius 1 is 0.406 bits per heavy atom. The first-order valence-corrected chi connectivity index (χ1v) is 23.8. The maximum absolute atomic E-state index is 7.01. The number of para-hydroxylation sites is 3. The van der Waals surface area contributed by atoms with Crippen LogP contribution in [0.3, 0.4) is 0 Å². The van der Waals surface area contributed by atoms with Crippen molar-refractivity contribution in [2.45, 2.75) is 18.8 Å². The highest BCUT2D eigenvalue weighted by molar-refractivity contribution is 6.12. The maximum Gasteiger partial charge on any atom is 0.167 e. The van der Waals surface area contributed by atoms with Gasteiger partial charge >= 0.3 is 0 Å². The summed E-state index contributed by atoms with van der Waals surface area (Å²) in [6.45, 7) is 0. The first kappa shape index (κ1) is 39.3. The summed E-state index contributed by atoms with van der Waals surface area (Å²) in [4.78, 5) is 16.0. The van der Waals surface area contributed by atoms with Crippen LogP contribution in [-0.2, 0) is 6.42 Å². The smallest absolute Gasteiger partial charge is 0.167 e. The van der Waals surface area contributed by atoms with Gasteiger partial charge in [0, 0.05) is 44.3 Å². The van der Waals surface area contributed by atoms with E-state index in [0.717, 1.165) is 84.7 Å². The molecular formula is C64H42N4O. The quantitative estimate of drug-likeness (QED) is 0.167. The number of benzene rings is 10. The SMILES string of the molecule is c1ccc(-c2ccc(-c3nc(-c4ccc5c(c4)c4ccccc4n5-c4ccccc4)nc(-c4ccc([C@H]5CCc6cc7ccccc7cc6-c6ccccc65)c5c4oc4ccccc45)n3)cc2)cc1. The molecular weight excluding hydrogens is 841 g/mol. The Labute approximate surface area is 398 Å². The van der Waals surface area contributed by atoms with Gasteiger partial charge in [0.25, 0.3) is 0 Å². The van der Waals surface area contributed by atoms with Crippen molar-refractivity contribution < 1.29 is 4.42 Å². The van der Waals surface area contributed by atoms with Gasteiger partial charge < -0.3 is 8.98 Å².